The monoisotopic (exact) mass is 200 g/mol. The van der Waals surface area contributed by atoms with Gasteiger partial charge in [0.05, 0.1) is 16.1 Å². The van der Waals surface area contributed by atoms with Crippen LogP contribution >= 0.6 is 22.9 Å². The molecular weight excluding hydrogens is 196 g/mol. The third kappa shape index (κ3) is 1.19. The number of oxazole rings is 1. The van der Waals surface area contributed by atoms with Crippen molar-refractivity contribution in [1.82, 2.24) is 4.98 Å². The molecule has 0 aliphatic rings. The average Bonchev–Trinajstić information content (AvgIpc) is 2.58. The molecule has 2 heterocycles. The number of anilines is 1. The number of nitrogens with two attached hydrogens (primary N) is 1. The van der Waals surface area contributed by atoms with Gasteiger partial charge in [0.2, 0.25) is 0 Å². The Kier molecular flexibility index (Phi) is 1.78. The fraction of sp³-hybridized carbons (Fsp3) is 0. The molecule has 12 heavy (non-hydrogen) atoms. The average molecular weight is 201 g/mol. The summed E-state index contributed by atoms with van der Waals surface area (Å²) in [6.45, 7) is 0. The fourth-order valence-corrected chi connectivity index (χ4v) is 1.96. The molecule has 5 heteroatoms. The molecule has 0 aliphatic heterocycles. The number of halogens is 1. The first-order chi connectivity index (χ1) is 5.77. The van der Waals surface area contributed by atoms with E-state index in [1.54, 1.807) is 12.3 Å². The van der Waals surface area contributed by atoms with Crippen LogP contribution in [-0.4, -0.2) is 4.98 Å². The van der Waals surface area contributed by atoms with Crippen LogP contribution in [0.4, 0.5) is 6.01 Å². The lowest BCUT2D eigenvalue weighted by Gasteiger charge is -1.88. The highest BCUT2D eigenvalue weighted by Gasteiger charge is 2.09. The summed E-state index contributed by atoms with van der Waals surface area (Å²) in [6.07, 6.45) is 1.56. The van der Waals surface area contributed by atoms with E-state index < -0.39 is 0 Å². The highest BCUT2D eigenvalue weighted by atomic mass is 35.5. The maximum Gasteiger partial charge on any atom is 0.292 e. The number of aromatic nitrogens is 1. The molecule has 0 aromatic carbocycles. The second-order valence-corrected chi connectivity index (χ2v) is 3.48. The number of hydrogen-bond donors (Lipinski definition) is 1. The lowest BCUT2D eigenvalue weighted by atomic mass is 10.4. The van der Waals surface area contributed by atoms with E-state index in [1.165, 1.54) is 11.3 Å². The summed E-state index contributed by atoms with van der Waals surface area (Å²) in [4.78, 5) is 4.63. The van der Waals surface area contributed by atoms with E-state index in [9.17, 15) is 0 Å². The molecule has 0 aliphatic carbocycles. The van der Waals surface area contributed by atoms with Crippen LogP contribution in [0, 0.1) is 0 Å². The summed E-state index contributed by atoms with van der Waals surface area (Å²) in [5.74, 6) is 0.618. The maximum absolute atomic E-state index is 5.87. The highest BCUT2D eigenvalue weighted by molar-refractivity contribution is 7.14. The van der Waals surface area contributed by atoms with Crippen molar-refractivity contribution in [2.24, 2.45) is 0 Å². The summed E-state index contributed by atoms with van der Waals surface area (Å²) >= 11 is 7.36. The van der Waals surface area contributed by atoms with Crippen LogP contribution in [0.2, 0.25) is 5.02 Å². The standard InChI is InChI=1S/C7H5ClN2OS/c8-4-1-2-12-6(4)5-3-10-7(9)11-5/h1-3H,(H2,9,10). The van der Waals surface area contributed by atoms with Gasteiger partial charge in [0, 0.05) is 0 Å². The molecule has 0 saturated heterocycles. The minimum Gasteiger partial charge on any atom is -0.423 e. The molecule has 2 aromatic heterocycles. The molecule has 0 bridgehead atoms. The zero-order valence-electron chi connectivity index (χ0n) is 5.95. The van der Waals surface area contributed by atoms with Crippen molar-refractivity contribution in [3.63, 3.8) is 0 Å². The number of thiophene rings is 1. The van der Waals surface area contributed by atoms with Crippen LogP contribution in [0.25, 0.3) is 10.6 Å². The second kappa shape index (κ2) is 2.80. The van der Waals surface area contributed by atoms with Crippen molar-refractivity contribution >= 4 is 29.0 Å². The highest BCUT2D eigenvalue weighted by Crippen LogP contribution is 2.33. The Balaban J connectivity index is 2.50. The van der Waals surface area contributed by atoms with Crippen LogP contribution in [0.1, 0.15) is 0 Å². The zero-order chi connectivity index (χ0) is 8.55. The Labute approximate surface area is 77.8 Å². The molecular formula is C7H5ClN2OS. The number of nitrogen functional groups attached to an aromatic ring is 1. The van der Waals surface area contributed by atoms with E-state index in [2.05, 4.69) is 4.98 Å². The molecule has 2 rings (SSSR count). The third-order valence-electron chi connectivity index (χ3n) is 1.36. The Hall–Kier alpha value is -1.00. The van der Waals surface area contributed by atoms with Crippen molar-refractivity contribution in [3.8, 4) is 10.6 Å². The van der Waals surface area contributed by atoms with Gasteiger partial charge in [-0.1, -0.05) is 11.6 Å². The van der Waals surface area contributed by atoms with E-state index in [-0.39, 0.29) is 6.01 Å². The SMILES string of the molecule is Nc1ncc(-c2sccc2Cl)o1. The topological polar surface area (TPSA) is 52.0 Å². The first-order valence-corrected chi connectivity index (χ1v) is 4.48. The van der Waals surface area contributed by atoms with E-state index in [4.69, 9.17) is 21.8 Å². The number of rotatable bonds is 1. The lowest BCUT2D eigenvalue weighted by Crippen LogP contribution is -1.79. The molecule has 0 saturated carbocycles. The van der Waals surface area contributed by atoms with Gasteiger partial charge in [-0.05, 0) is 11.4 Å². The summed E-state index contributed by atoms with van der Waals surface area (Å²) in [5.41, 5.74) is 5.32. The maximum atomic E-state index is 5.87. The summed E-state index contributed by atoms with van der Waals surface area (Å²) < 4.78 is 5.10. The third-order valence-corrected chi connectivity index (χ3v) is 2.72. The smallest absolute Gasteiger partial charge is 0.292 e. The Morgan fingerprint density at radius 2 is 2.42 bits per heavy atom. The first kappa shape index (κ1) is 7.64. The normalized spacial score (nSPS) is 10.4. The predicted octanol–water partition coefficient (Wildman–Crippen LogP) is 2.64. The minimum absolute atomic E-state index is 0.162. The Bertz CT molecular complexity index is 396. The quantitative estimate of drug-likeness (QED) is 0.770. The number of nitrogens with zero attached hydrogens (tertiary/aromatic N) is 1. The second-order valence-electron chi connectivity index (χ2n) is 2.16. The summed E-state index contributed by atoms with van der Waals surface area (Å²) in [7, 11) is 0. The fourth-order valence-electron chi connectivity index (χ4n) is 0.862. The van der Waals surface area contributed by atoms with Crippen LogP contribution in [-0.2, 0) is 0 Å². The predicted molar refractivity (Wildman–Crippen MR) is 49.2 cm³/mol. The van der Waals surface area contributed by atoms with Gasteiger partial charge in [-0.2, -0.15) is 0 Å². The molecule has 62 valence electrons. The molecule has 0 atom stereocenters. The number of hydrogen-bond acceptors (Lipinski definition) is 4. The molecule has 0 unspecified atom stereocenters. The zero-order valence-corrected chi connectivity index (χ0v) is 7.52. The molecule has 0 spiro atoms. The van der Waals surface area contributed by atoms with Crippen LogP contribution in [0.15, 0.2) is 22.1 Å². The van der Waals surface area contributed by atoms with Gasteiger partial charge in [0.25, 0.3) is 6.01 Å². The van der Waals surface area contributed by atoms with E-state index in [1.807, 2.05) is 5.38 Å². The van der Waals surface area contributed by atoms with Gasteiger partial charge in [0.1, 0.15) is 0 Å². The van der Waals surface area contributed by atoms with Gasteiger partial charge >= 0.3 is 0 Å². The van der Waals surface area contributed by atoms with E-state index in [0.29, 0.717) is 10.8 Å². The molecule has 0 radical (unpaired) electrons. The van der Waals surface area contributed by atoms with Gasteiger partial charge < -0.3 is 10.2 Å². The van der Waals surface area contributed by atoms with Crippen molar-refractivity contribution < 1.29 is 4.42 Å². The van der Waals surface area contributed by atoms with Crippen molar-refractivity contribution in [2.75, 3.05) is 5.73 Å². The van der Waals surface area contributed by atoms with Crippen molar-refractivity contribution in [1.29, 1.82) is 0 Å². The van der Waals surface area contributed by atoms with Gasteiger partial charge in [0.15, 0.2) is 5.76 Å². The molecule has 2 N–H and O–H groups in total. The van der Waals surface area contributed by atoms with Crippen molar-refractivity contribution in [2.45, 2.75) is 0 Å². The van der Waals surface area contributed by atoms with Gasteiger partial charge in [-0.15, -0.1) is 11.3 Å². The van der Waals surface area contributed by atoms with Crippen LogP contribution < -0.4 is 5.73 Å². The minimum atomic E-state index is 0.162. The lowest BCUT2D eigenvalue weighted by molar-refractivity contribution is 0.596. The largest absolute Gasteiger partial charge is 0.423 e. The summed E-state index contributed by atoms with van der Waals surface area (Å²) in [6, 6.07) is 1.97. The Morgan fingerprint density at radius 3 is 2.92 bits per heavy atom. The van der Waals surface area contributed by atoms with Gasteiger partial charge in [-0.25, -0.2) is 4.98 Å². The molecule has 0 fully saturated rings. The Morgan fingerprint density at radius 1 is 1.58 bits per heavy atom. The van der Waals surface area contributed by atoms with E-state index in [0.717, 1.165) is 4.88 Å². The van der Waals surface area contributed by atoms with Crippen molar-refractivity contribution in [3.05, 3.63) is 22.7 Å². The molecule has 3 nitrogen and oxygen atoms in total. The molecule has 2 aromatic rings. The first-order valence-electron chi connectivity index (χ1n) is 3.22. The van der Waals surface area contributed by atoms with Crippen LogP contribution in [0.3, 0.4) is 0 Å². The molecule has 0 amide bonds. The van der Waals surface area contributed by atoms with Crippen LogP contribution in [0.5, 0.6) is 0 Å². The van der Waals surface area contributed by atoms with Gasteiger partial charge in [-0.3, -0.25) is 0 Å². The van der Waals surface area contributed by atoms with E-state index >= 15 is 0 Å². The summed E-state index contributed by atoms with van der Waals surface area (Å²) in [5, 5.41) is 2.55.